The van der Waals surface area contributed by atoms with Gasteiger partial charge in [-0.2, -0.15) is 0 Å². The maximum Gasteiger partial charge on any atom is 0.0882 e. The Morgan fingerprint density at radius 2 is 0.918 bits per heavy atom. The van der Waals surface area contributed by atoms with Gasteiger partial charge in [-0.15, -0.1) is 0 Å². The van der Waals surface area contributed by atoms with E-state index in [1.807, 2.05) is 6.20 Å². The van der Waals surface area contributed by atoms with Crippen LogP contribution in [0.5, 0.6) is 0 Å². The van der Waals surface area contributed by atoms with E-state index in [4.69, 9.17) is 19.9 Å². The van der Waals surface area contributed by atoms with Crippen LogP contribution in [0.15, 0.2) is 11.9 Å². The van der Waals surface area contributed by atoms with Gasteiger partial charge < -0.3 is 25.3 Å². The molecule has 0 amide bonds. The van der Waals surface area contributed by atoms with E-state index in [1.54, 1.807) is 7.11 Å². The number of methoxy groups -OCH3 is 1. The van der Waals surface area contributed by atoms with Crippen molar-refractivity contribution in [3.05, 3.63) is 11.9 Å². The molecule has 3 N–H and O–H groups in total. The Morgan fingerprint density at radius 3 is 1.33 bits per heavy atom. The second kappa shape index (κ2) is 34.3. The van der Waals surface area contributed by atoms with Crippen molar-refractivity contribution >= 4 is 0 Å². The molecule has 49 heavy (non-hydrogen) atoms. The third-order valence-corrected chi connectivity index (χ3v) is 10.4. The van der Waals surface area contributed by atoms with Crippen LogP contribution in [0.3, 0.4) is 0 Å². The quantitative estimate of drug-likeness (QED) is 0.0627. The number of hydrogen-bond acceptors (Lipinski definition) is 5. The number of ether oxygens (including phenoxy) is 3. The first-order valence-corrected chi connectivity index (χ1v) is 21.6. The molecule has 0 rings (SSSR count). The minimum atomic E-state index is -0.290. The second-order valence-corrected chi connectivity index (χ2v) is 16.5. The highest BCUT2D eigenvalue weighted by atomic mass is 16.5. The largest absolute Gasteiger partial charge is 0.399 e. The van der Waals surface area contributed by atoms with Crippen LogP contribution in [-0.4, -0.2) is 44.7 Å². The van der Waals surface area contributed by atoms with Gasteiger partial charge in [0, 0.05) is 26.5 Å². The van der Waals surface area contributed by atoms with Crippen molar-refractivity contribution in [2.45, 2.75) is 233 Å². The molecule has 294 valence electrons. The van der Waals surface area contributed by atoms with E-state index in [0.29, 0.717) is 19.8 Å². The summed E-state index contributed by atoms with van der Waals surface area (Å²) < 4.78 is 17.5. The van der Waals surface area contributed by atoms with Crippen molar-refractivity contribution in [3.63, 3.8) is 0 Å². The van der Waals surface area contributed by atoms with Gasteiger partial charge in [-0.05, 0) is 59.3 Å². The summed E-state index contributed by atoms with van der Waals surface area (Å²) in [7, 11) is 1.74. The van der Waals surface area contributed by atoms with E-state index in [2.05, 4.69) is 46.9 Å². The maximum atomic E-state index is 6.39. The topological polar surface area (TPSA) is 65.7 Å². The molecule has 0 aliphatic rings. The fourth-order valence-corrected chi connectivity index (χ4v) is 6.64. The Balaban J connectivity index is 4.43. The summed E-state index contributed by atoms with van der Waals surface area (Å²) in [5, 5.41) is 3.59. The highest BCUT2D eigenvalue weighted by Gasteiger charge is 2.23. The molecule has 0 radical (unpaired) electrons. The molecule has 0 aromatic heterocycles. The minimum absolute atomic E-state index is 0.189. The summed E-state index contributed by atoms with van der Waals surface area (Å²) in [5.41, 5.74) is 6.68. The number of rotatable bonds is 39. The summed E-state index contributed by atoms with van der Waals surface area (Å²) >= 11 is 0. The van der Waals surface area contributed by atoms with E-state index < -0.39 is 0 Å². The lowest BCUT2D eigenvalue weighted by Crippen LogP contribution is -2.32. The van der Waals surface area contributed by atoms with Crippen molar-refractivity contribution in [3.8, 4) is 0 Å². The van der Waals surface area contributed by atoms with Crippen molar-refractivity contribution in [1.82, 2.24) is 5.32 Å². The fourth-order valence-electron chi connectivity index (χ4n) is 6.64. The molecular weight excluding hydrogens is 604 g/mol. The SMILES string of the molecule is CCCCCCCCCCCCCCC(CCCCCCCCCCCCCC)CN/C=C(\N)COC(C)(C)CCOC(C)(C)CCOC. The maximum absolute atomic E-state index is 6.39. The van der Waals surface area contributed by atoms with Crippen LogP contribution >= 0.6 is 0 Å². The first kappa shape index (κ1) is 48.2. The van der Waals surface area contributed by atoms with Crippen LogP contribution < -0.4 is 11.1 Å². The number of unbranched alkanes of at least 4 members (excludes halogenated alkanes) is 22. The Bertz CT molecular complexity index is 680. The van der Waals surface area contributed by atoms with E-state index in [-0.39, 0.29) is 11.2 Å². The van der Waals surface area contributed by atoms with Crippen molar-refractivity contribution in [1.29, 1.82) is 0 Å². The second-order valence-electron chi connectivity index (χ2n) is 16.5. The number of nitrogens with one attached hydrogen (secondary N) is 1. The third kappa shape index (κ3) is 35.4. The highest BCUT2D eigenvalue weighted by molar-refractivity contribution is 4.96. The zero-order chi connectivity index (χ0) is 36.3. The number of hydrogen-bond donors (Lipinski definition) is 2. The van der Waals surface area contributed by atoms with Gasteiger partial charge in [0.15, 0.2) is 0 Å². The third-order valence-electron chi connectivity index (χ3n) is 10.4. The lowest BCUT2D eigenvalue weighted by molar-refractivity contribution is -0.0749. The van der Waals surface area contributed by atoms with Gasteiger partial charge in [-0.3, -0.25) is 0 Å². The van der Waals surface area contributed by atoms with Gasteiger partial charge in [-0.1, -0.05) is 168 Å². The molecule has 0 saturated carbocycles. The molecule has 0 aliphatic heterocycles. The standard InChI is InChI=1S/C44H90N2O3/c1-8-10-12-14-16-18-20-22-24-26-28-30-32-41(33-31-29-27-25-23-21-19-17-15-13-11-9-2)38-46-39-42(45)40-49-44(5,6)35-37-48-43(3,4)34-36-47-7/h39,41,46H,8-38,40,45H2,1-7H3/b42-39-. The van der Waals surface area contributed by atoms with E-state index in [9.17, 15) is 0 Å². The minimum Gasteiger partial charge on any atom is -0.399 e. The normalized spacial score (nSPS) is 12.8. The molecule has 0 saturated heterocycles. The van der Waals surface area contributed by atoms with E-state index >= 15 is 0 Å². The predicted molar refractivity (Wildman–Crippen MR) is 216 cm³/mol. The van der Waals surface area contributed by atoms with Crippen molar-refractivity contribution in [2.24, 2.45) is 11.7 Å². The Labute approximate surface area is 308 Å². The van der Waals surface area contributed by atoms with Crippen LogP contribution in [-0.2, 0) is 14.2 Å². The zero-order valence-electron chi connectivity index (χ0n) is 34.6. The molecule has 0 bridgehead atoms. The van der Waals surface area contributed by atoms with Crippen molar-refractivity contribution in [2.75, 3.05) is 33.5 Å². The summed E-state index contributed by atoms with van der Waals surface area (Å²) in [6.45, 7) is 15.9. The van der Waals surface area contributed by atoms with E-state index in [0.717, 1.165) is 31.0 Å². The summed E-state index contributed by atoms with van der Waals surface area (Å²) in [5.74, 6) is 0.728. The van der Waals surface area contributed by atoms with Crippen LogP contribution in [0.25, 0.3) is 0 Å². The monoisotopic (exact) mass is 695 g/mol. The van der Waals surface area contributed by atoms with Crippen LogP contribution in [0, 0.1) is 5.92 Å². The summed E-state index contributed by atoms with van der Waals surface area (Å²) in [4.78, 5) is 0. The molecule has 5 nitrogen and oxygen atoms in total. The Hall–Kier alpha value is -0.780. The number of nitrogens with two attached hydrogens (primary N) is 1. The van der Waals surface area contributed by atoms with E-state index in [1.165, 1.54) is 167 Å². The molecular formula is C44H90N2O3. The summed E-state index contributed by atoms with van der Waals surface area (Å²) in [6, 6.07) is 0. The molecule has 0 fully saturated rings. The molecule has 0 aliphatic carbocycles. The molecule has 0 heterocycles. The predicted octanol–water partition coefficient (Wildman–Crippen LogP) is 13.2. The lowest BCUT2D eigenvalue weighted by atomic mass is 9.94. The molecule has 0 spiro atoms. The van der Waals surface area contributed by atoms with Gasteiger partial charge in [0.25, 0.3) is 0 Å². The summed E-state index contributed by atoms with van der Waals surface area (Å²) in [6.07, 6.45) is 40.3. The average molecular weight is 695 g/mol. The Morgan fingerprint density at radius 1 is 0.551 bits per heavy atom. The van der Waals surface area contributed by atoms with Gasteiger partial charge in [-0.25, -0.2) is 0 Å². The van der Waals surface area contributed by atoms with Gasteiger partial charge in [0.1, 0.15) is 0 Å². The van der Waals surface area contributed by atoms with Crippen LogP contribution in [0.4, 0.5) is 0 Å². The molecule has 0 unspecified atom stereocenters. The highest BCUT2D eigenvalue weighted by Crippen LogP contribution is 2.22. The van der Waals surface area contributed by atoms with Crippen LogP contribution in [0.1, 0.15) is 221 Å². The van der Waals surface area contributed by atoms with Gasteiger partial charge in [0.05, 0.1) is 30.1 Å². The van der Waals surface area contributed by atoms with Crippen molar-refractivity contribution < 1.29 is 14.2 Å². The molecule has 0 aromatic carbocycles. The average Bonchev–Trinajstić information content (AvgIpc) is 3.07. The molecule has 5 heteroatoms. The fraction of sp³-hybridized carbons (Fsp3) is 0.955. The first-order valence-electron chi connectivity index (χ1n) is 21.6. The van der Waals surface area contributed by atoms with Crippen LogP contribution in [0.2, 0.25) is 0 Å². The molecule has 0 atom stereocenters. The molecule has 0 aromatic rings. The lowest BCUT2D eigenvalue weighted by Gasteiger charge is -2.29. The Kier molecular flexibility index (Phi) is 33.8. The first-order chi connectivity index (χ1) is 23.7. The zero-order valence-corrected chi connectivity index (χ0v) is 34.6. The smallest absolute Gasteiger partial charge is 0.0882 e. The van der Waals surface area contributed by atoms with Gasteiger partial charge in [0.2, 0.25) is 0 Å². The van der Waals surface area contributed by atoms with Gasteiger partial charge >= 0.3 is 0 Å².